The van der Waals surface area contributed by atoms with Crippen LogP contribution in [0.2, 0.25) is 0 Å². The average Bonchev–Trinajstić information content (AvgIpc) is 2.17. The van der Waals surface area contributed by atoms with Crippen molar-refractivity contribution in [2.45, 2.75) is 6.92 Å². The summed E-state index contributed by atoms with van der Waals surface area (Å²) in [6, 6.07) is 7.04. The van der Waals surface area contributed by atoms with E-state index in [1.807, 2.05) is 13.0 Å². The molecule has 0 aliphatic heterocycles. The van der Waals surface area contributed by atoms with Gasteiger partial charge in [0.05, 0.1) is 0 Å². The SMILES string of the molecule is C=C(C)COc1ccccc1N=C=O. The molecule has 3 heteroatoms. The molecule has 3 nitrogen and oxygen atoms in total. The lowest BCUT2D eigenvalue weighted by molar-refractivity contribution is 0.354. The molecule has 1 aromatic rings. The van der Waals surface area contributed by atoms with Gasteiger partial charge in [-0.05, 0) is 24.6 Å². The highest BCUT2D eigenvalue weighted by Gasteiger charge is 2.00. The molecule has 0 saturated heterocycles. The first-order chi connectivity index (χ1) is 6.74. The maximum atomic E-state index is 10.1. The van der Waals surface area contributed by atoms with Crippen LogP contribution in [0.25, 0.3) is 0 Å². The van der Waals surface area contributed by atoms with Crippen LogP contribution < -0.4 is 4.74 Å². The van der Waals surface area contributed by atoms with Gasteiger partial charge in [0.25, 0.3) is 0 Å². The maximum absolute atomic E-state index is 10.1. The standard InChI is InChI=1S/C11H11NO2/c1-9(2)7-14-11-6-4-3-5-10(11)12-8-13/h3-6H,1,7H2,2H3. The van der Waals surface area contributed by atoms with Gasteiger partial charge in [-0.2, -0.15) is 4.99 Å². The molecule has 0 amide bonds. The maximum Gasteiger partial charge on any atom is 0.240 e. The number of benzene rings is 1. The van der Waals surface area contributed by atoms with E-state index in [-0.39, 0.29) is 0 Å². The third kappa shape index (κ3) is 2.88. The molecule has 0 aromatic heterocycles. The Morgan fingerprint density at radius 2 is 2.29 bits per heavy atom. The Labute approximate surface area is 82.7 Å². The van der Waals surface area contributed by atoms with Crippen molar-refractivity contribution in [3.8, 4) is 5.75 Å². The van der Waals surface area contributed by atoms with Crippen LogP contribution in [0.4, 0.5) is 5.69 Å². The Kier molecular flexibility index (Phi) is 3.65. The highest BCUT2D eigenvalue weighted by atomic mass is 16.5. The normalized spacial score (nSPS) is 8.93. The zero-order chi connectivity index (χ0) is 10.4. The van der Waals surface area contributed by atoms with Crippen LogP contribution >= 0.6 is 0 Å². The minimum Gasteiger partial charge on any atom is -0.487 e. The summed E-state index contributed by atoms with van der Waals surface area (Å²) < 4.78 is 5.38. The molecular formula is C11H11NO2. The second kappa shape index (κ2) is 5.00. The molecule has 1 rings (SSSR count). The third-order valence-electron chi connectivity index (χ3n) is 1.51. The topological polar surface area (TPSA) is 38.7 Å². The Bertz CT molecular complexity index is 379. The zero-order valence-electron chi connectivity index (χ0n) is 7.99. The van der Waals surface area contributed by atoms with Gasteiger partial charge in [-0.25, -0.2) is 4.79 Å². The molecule has 0 radical (unpaired) electrons. The van der Waals surface area contributed by atoms with Gasteiger partial charge in [-0.3, -0.25) is 0 Å². The Morgan fingerprint density at radius 1 is 1.57 bits per heavy atom. The molecule has 0 heterocycles. The third-order valence-corrected chi connectivity index (χ3v) is 1.51. The van der Waals surface area contributed by atoms with E-state index in [4.69, 9.17) is 4.74 Å². The number of nitrogens with zero attached hydrogens (tertiary/aromatic N) is 1. The first-order valence-electron chi connectivity index (χ1n) is 4.18. The van der Waals surface area contributed by atoms with E-state index in [1.165, 1.54) is 6.08 Å². The number of isocyanates is 1. The van der Waals surface area contributed by atoms with Crippen molar-refractivity contribution in [2.75, 3.05) is 6.61 Å². The fourth-order valence-electron chi connectivity index (χ4n) is 0.922. The van der Waals surface area contributed by atoms with Crippen molar-refractivity contribution < 1.29 is 9.53 Å². The summed E-state index contributed by atoms with van der Waals surface area (Å²) in [5.41, 5.74) is 1.40. The first-order valence-corrected chi connectivity index (χ1v) is 4.18. The molecule has 0 atom stereocenters. The van der Waals surface area contributed by atoms with Crippen LogP contribution in [0.3, 0.4) is 0 Å². The fourth-order valence-corrected chi connectivity index (χ4v) is 0.922. The largest absolute Gasteiger partial charge is 0.487 e. The predicted molar refractivity (Wildman–Crippen MR) is 54.5 cm³/mol. The molecule has 0 fully saturated rings. The van der Waals surface area contributed by atoms with Crippen molar-refractivity contribution in [3.63, 3.8) is 0 Å². The monoisotopic (exact) mass is 189 g/mol. The van der Waals surface area contributed by atoms with Gasteiger partial charge in [0.15, 0.2) is 0 Å². The number of hydrogen-bond donors (Lipinski definition) is 0. The smallest absolute Gasteiger partial charge is 0.240 e. The number of para-hydroxylation sites is 2. The Balaban J connectivity index is 2.84. The summed E-state index contributed by atoms with van der Waals surface area (Å²) in [6.45, 7) is 6.00. The van der Waals surface area contributed by atoms with Crippen molar-refractivity contribution in [1.29, 1.82) is 0 Å². The van der Waals surface area contributed by atoms with Crippen LogP contribution in [0, 0.1) is 0 Å². The molecule has 0 unspecified atom stereocenters. The number of aliphatic imine (C=N–C) groups is 1. The molecule has 0 N–H and O–H groups in total. The second-order valence-electron chi connectivity index (χ2n) is 2.92. The summed E-state index contributed by atoms with van der Waals surface area (Å²) in [7, 11) is 0. The molecule has 0 aliphatic rings. The summed E-state index contributed by atoms with van der Waals surface area (Å²) in [5.74, 6) is 0.568. The van der Waals surface area contributed by atoms with Crippen molar-refractivity contribution >= 4 is 11.8 Å². The highest BCUT2D eigenvalue weighted by molar-refractivity contribution is 5.57. The zero-order valence-corrected chi connectivity index (χ0v) is 7.99. The first kappa shape index (κ1) is 10.2. The van der Waals surface area contributed by atoms with E-state index in [0.29, 0.717) is 18.0 Å². The summed E-state index contributed by atoms with van der Waals surface area (Å²) in [5, 5.41) is 0. The predicted octanol–water partition coefficient (Wildman–Crippen LogP) is 2.61. The van der Waals surface area contributed by atoms with Gasteiger partial charge in [0.1, 0.15) is 18.0 Å². The van der Waals surface area contributed by atoms with Crippen LogP contribution in [-0.2, 0) is 4.79 Å². The molecule has 0 saturated carbocycles. The van der Waals surface area contributed by atoms with Crippen LogP contribution in [0.15, 0.2) is 41.4 Å². The van der Waals surface area contributed by atoms with Gasteiger partial charge in [0.2, 0.25) is 6.08 Å². The number of hydrogen-bond acceptors (Lipinski definition) is 3. The van der Waals surface area contributed by atoms with Crippen molar-refractivity contribution in [1.82, 2.24) is 0 Å². The second-order valence-corrected chi connectivity index (χ2v) is 2.92. The van der Waals surface area contributed by atoms with Crippen LogP contribution in [-0.4, -0.2) is 12.7 Å². The number of carbonyl (C=O) groups excluding carboxylic acids is 1. The van der Waals surface area contributed by atoms with Crippen LogP contribution in [0.5, 0.6) is 5.75 Å². The van der Waals surface area contributed by atoms with Crippen molar-refractivity contribution in [3.05, 3.63) is 36.4 Å². The molecule has 72 valence electrons. The molecule has 1 aromatic carbocycles. The average molecular weight is 189 g/mol. The van der Waals surface area contributed by atoms with E-state index in [0.717, 1.165) is 5.57 Å². The summed E-state index contributed by atoms with van der Waals surface area (Å²) in [6.07, 6.45) is 1.48. The molecule has 0 aliphatic carbocycles. The van der Waals surface area contributed by atoms with Gasteiger partial charge in [-0.15, -0.1) is 0 Å². The Hall–Kier alpha value is -1.86. The fraction of sp³-hybridized carbons (Fsp3) is 0.182. The number of rotatable bonds is 4. The minimum absolute atomic E-state index is 0.422. The lowest BCUT2D eigenvalue weighted by Gasteiger charge is -2.06. The summed E-state index contributed by atoms with van der Waals surface area (Å²) in [4.78, 5) is 13.6. The quantitative estimate of drug-likeness (QED) is 0.415. The lowest BCUT2D eigenvalue weighted by Crippen LogP contribution is -1.97. The van der Waals surface area contributed by atoms with E-state index in [1.54, 1.807) is 18.2 Å². The van der Waals surface area contributed by atoms with E-state index < -0.39 is 0 Å². The van der Waals surface area contributed by atoms with E-state index in [9.17, 15) is 4.79 Å². The lowest BCUT2D eigenvalue weighted by atomic mass is 10.3. The highest BCUT2D eigenvalue weighted by Crippen LogP contribution is 2.26. The van der Waals surface area contributed by atoms with Gasteiger partial charge in [0, 0.05) is 0 Å². The number of ether oxygens (including phenoxy) is 1. The Morgan fingerprint density at radius 3 is 2.93 bits per heavy atom. The van der Waals surface area contributed by atoms with E-state index >= 15 is 0 Å². The molecule has 0 spiro atoms. The van der Waals surface area contributed by atoms with Crippen LogP contribution in [0.1, 0.15) is 6.92 Å². The summed E-state index contributed by atoms with van der Waals surface area (Å²) >= 11 is 0. The van der Waals surface area contributed by atoms with Crippen molar-refractivity contribution in [2.24, 2.45) is 4.99 Å². The van der Waals surface area contributed by atoms with Gasteiger partial charge >= 0.3 is 0 Å². The molecule has 14 heavy (non-hydrogen) atoms. The van der Waals surface area contributed by atoms with Gasteiger partial charge < -0.3 is 4.74 Å². The molecular weight excluding hydrogens is 178 g/mol. The minimum atomic E-state index is 0.422. The molecule has 0 bridgehead atoms. The van der Waals surface area contributed by atoms with E-state index in [2.05, 4.69) is 11.6 Å². The van der Waals surface area contributed by atoms with Gasteiger partial charge in [-0.1, -0.05) is 18.7 Å².